The van der Waals surface area contributed by atoms with E-state index in [1.807, 2.05) is 0 Å². The molecule has 0 bridgehead atoms. The van der Waals surface area contributed by atoms with Gasteiger partial charge in [-0.3, -0.25) is 0 Å². The molecule has 0 heterocycles. The predicted molar refractivity (Wildman–Crippen MR) is 88.2 cm³/mol. The Kier molecular flexibility index (Phi) is 5.02. The highest BCUT2D eigenvalue weighted by molar-refractivity contribution is 6.74. The van der Waals surface area contributed by atoms with Crippen molar-refractivity contribution in [2.24, 2.45) is 0 Å². The first kappa shape index (κ1) is 16.0. The molecule has 0 aromatic heterocycles. The minimum Gasteiger partial charge on any atom is -0.543 e. The van der Waals surface area contributed by atoms with Gasteiger partial charge in [0.05, 0.1) is 0 Å². The van der Waals surface area contributed by atoms with Gasteiger partial charge in [-0.25, -0.2) is 0 Å². The molecule has 0 aliphatic rings. The highest BCUT2D eigenvalue weighted by Gasteiger charge is 2.38. The van der Waals surface area contributed by atoms with Crippen LogP contribution in [0.4, 0.5) is 0 Å². The second kappa shape index (κ2) is 5.95. The average molecular weight is 276 g/mol. The van der Waals surface area contributed by atoms with Crippen LogP contribution in [0.5, 0.6) is 5.75 Å². The van der Waals surface area contributed by atoms with Gasteiger partial charge in [0.25, 0.3) is 0 Å². The molecule has 0 aliphatic heterocycles. The molecule has 0 saturated carbocycles. The maximum atomic E-state index is 6.36. The summed E-state index contributed by atoms with van der Waals surface area (Å²) in [5.74, 6) is 1.01. The van der Waals surface area contributed by atoms with E-state index in [2.05, 4.69) is 78.1 Å². The summed E-state index contributed by atoms with van der Waals surface area (Å²) in [6.45, 7) is 15.7. The van der Waals surface area contributed by atoms with Crippen molar-refractivity contribution in [2.75, 3.05) is 0 Å². The Balaban J connectivity index is 3.02. The first-order chi connectivity index (χ1) is 8.71. The van der Waals surface area contributed by atoms with Crippen LogP contribution < -0.4 is 4.43 Å². The fourth-order valence-corrected chi connectivity index (χ4v) is 2.80. The maximum absolute atomic E-state index is 6.36. The van der Waals surface area contributed by atoms with Crippen LogP contribution >= 0.6 is 0 Å². The van der Waals surface area contributed by atoms with E-state index in [0.717, 1.165) is 12.2 Å². The summed E-state index contributed by atoms with van der Waals surface area (Å²) in [5.41, 5.74) is 2.65. The van der Waals surface area contributed by atoms with E-state index in [9.17, 15) is 0 Å². The third-order valence-corrected chi connectivity index (χ3v) is 8.47. The minimum absolute atomic E-state index is 0.233. The topological polar surface area (TPSA) is 9.23 Å². The van der Waals surface area contributed by atoms with Gasteiger partial charge in [-0.05, 0) is 54.7 Å². The number of rotatable bonds is 4. The summed E-state index contributed by atoms with van der Waals surface area (Å²) in [6, 6.07) is 8.51. The van der Waals surface area contributed by atoms with Crippen molar-refractivity contribution < 1.29 is 4.43 Å². The highest BCUT2D eigenvalue weighted by atomic mass is 28.4. The van der Waals surface area contributed by atoms with Crippen LogP contribution in [-0.2, 0) is 0 Å². The molecule has 0 amide bonds. The lowest BCUT2D eigenvalue weighted by Gasteiger charge is -2.36. The minimum atomic E-state index is -1.74. The van der Waals surface area contributed by atoms with Gasteiger partial charge in [-0.1, -0.05) is 45.9 Å². The lowest BCUT2D eigenvalue weighted by molar-refractivity contribution is 0.492. The van der Waals surface area contributed by atoms with Crippen molar-refractivity contribution in [3.8, 4) is 5.75 Å². The molecule has 0 aliphatic carbocycles. The number of allylic oxidation sites excluding steroid dienone is 2. The first-order valence-electron chi connectivity index (χ1n) is 7.16. The maximum Gasteiger partial charge on any atom is 0.250 e. The molecule has 106 valence electrons. The zero-order chi connectivity index (χ0) is 14.7. The summed E-state index contributed by atoms with van der Waals surface area (Å²) < 4.78 is 6.36. The molecule has 0 radical (unpaired) electrons. The second-order valence-corrected chi connectivity index (χ2v) is 11.3. The average Bonchev–Trinajstić information content (AvgIpc) is 2.29. The molecular formula is C17H28OSi. The van der Waals surface area contributed by atoms with Crippen molar-refractivity contribution in [3.63, 3.8) is 0 Å². The van der Waals surface area contributed by atoms with E-state index in [1.165, 1.54) is 11.1 Å². The van der Waals surface area contributed by atoms with Gasteiger partial charge in [0, 0.05) is 0 Å². The SMILES string of the molecule is CC=C(CC)c1cccc(O[Si](C)(C)C(C)(C)C)c1. The predicted octanol–water partition coefficient (Wildman–Crippen LogP) is 5.88. The van der Waals surface area contributed by atoms with Crippen molar-refractivity contribution in [2.45, 2.75) is 59.2 Å². The molecule has 0 saturated heterocycles. The van der Waals surface area contributed by atoms with Crippen molar-refractivity contribution >= 4 is 13.9 Å². The molecule has 1 nitrogen and oxygen atoms in total. The van der Waals surface area contributed by atoms with E-state index >= 15 is 0 Å². The molecular weight excluding hydrogens is 248 g/mol. The second-order valence-electron chi connectivity index (χ2n) is 6.56. The molecule has 1 aromatic rings. The number of hydrogen-bond donors (Lipinski definition) is 0. The van der Waals surface area contributed by atoms with Gasteiger partial charge in [0.1, 0.15) is 5.75 Å². The third-order valence-electron chi connectivity index (χ3n) is 4.11. The van der Waals surface area contributed by atoms with Gasteiger partial charge in [-0.15, -0.1) is 0 Å². The van der Waals surface area contributed by atoms with Crippen LogP contribution in [0.25, 0.3) is 5.57 Å². The fourth-order valence-electron chi connectivity index (χ4n) is 1.78. The van der Waals surface area contributed by atoms with Crippen molar-refractivity contribution in [3.05, 3.63) is 35.9 Å². The summed E-state index contributed by atoms with van der Waals surface area (Å²) in [6.07, 6.45) is 3.24. The Labute approximate surface area is 119 Å². The Morgan fingerprint density at radius 1 is 1.26 bits per heavy atom. The quantitative estimate of drug-likeness (QED) is 0.624. The van der Waals surface area contributed by atoms with Crippen molar-refractivity contribution in [1.82, 2.24) is 0 Å². The fraction of sp³-hybridized carbons (Fsp3) is 0.529. The molecule has 0 spiro atoms. The summed E-state index contributed by atoms with van der Waals surface area (Å²) in [5, 5.41) is 0.233. The lowest BCUT2D eigenvalue weighted by Crippen LogP contribution is -2.43. The molecule has 0 unspecified atom stereocenters. The Morgan fingerprint density at radius 2 is 1.89 bits per heavy atom. The molecule has 0 fully saturated rings. The highest BCUT2D eigenvalue weighted by Crippen LogP contribution is 2.37. The Bertz CT molecular complexity index is 453. The van der Waals surface area contributed by atoms with Crippen LogP contribution in [0.3, 0.4) is 0 Å². The lowest BCUT2D eigenvalue weighted by atomic mass is 10.0. The Morgan fingerprint density at radius 3 is 2.37 bits per heavy atom. The van der Waals surface area contributed by atoms with E-state index in [1.54, 1.807) is 0 Å². The van der Waals surface area contributed by atoms with Crippen LogP contribution in [0, 0.1) is 0 Å². The van der Waals surface area contributed by atoms with Gasteiger partial charge >= 0.3 is 0 Å². The largest absolute Gasteiger partial charge is 0.543 e. The van der Waals surface area contributed by atoms with Crippen LogP contribution in [0.1, 0.15) is 46.6 Å². The molecule has 0 atom stereocenters. The smallest absolute Gasteiger partial charge is 0.250 e. The van der Waals surface area contributed by atoms with E-state index in [4.69, 9.17) is 4.43 Å². The molecule has 1 rings (SSSR count). The first-order valence-corrected chi connectivity index (χ1v) is 10.1. The molecule has 0 N–H and O–H groups in total. The Hall–Kier alpha value is -1.02. The van der Waals surface area contributed by atoms with Gasteiger partial charge in [0.2, 0.25) is 8.32 Å². The zero-order valence-electron chi connectivity index (χ0n) is 13.5. The standard InChI is InChI=1S/C17H28OSi/c1-8-14(9-2)15-11-10-12-16(13-15)18-19(6,7)17(3,4)5/h8,10-13H,9H2,1-7H3. The molecule has 19 heavy (non-hydrogen) atoms. The molecule has 1 aromatic carbocycles. The van der Waals surface area contributed by atoms with Crippen LogP contribution in [0.2, 0.25) is 18.1 Å². The summed E-state index contributed by atoms with van der Waals surface area (Å²) >= 11 is 0. The summed E-state index contributed by atoms with van der Waals surface area (Å²) in [7, 11) is -1.74. The normalized spacial score (nSPS) is 13.5. The van der Waals surface area contributed by atoms with Gasteiger partial charge in [-0.2, -0.15) is 0 Å². The van der Waals surface area contributed by atoms with E-state index in [0.29, 0.717) is 0 Å². The van der Waals surface area contributed by atoms with Gasteiger partial charge < -0.3 is 4.43 Å². The van der Waals surface area contributed by atoms with E-state index < -0.39 is 8.32 Å². The molecule has 2 heteroatoms. The monoisotopic (exact) mass is 276 g/mol. The van der Waals surface area contributed by atoms with E-state index in [-0.39, 0.29) is 5.04 Å². The van der Waals surface area contributed by atoms with Crippen molar-refractivity contribution in [1.29, 1.82) is 0 Å². The third kappa shape index (κ3) is 3.97. The summed E-state index contributed by atoms with van der Waals surface area (Å²) in [4.78, 5) is 0. The zero-order valence-corrected chi connectivity index (χ0v) is 14.5. The number of benzene rings is 1. The number of hydrogen-bond acceptors (Lipinski definition) is 1. The van der Waals surface area contributed by atoms with Crippen LogP contribution in [-0.4, -0.2) is 8.32 Å². The van der Waals surface area contributed by atoms with Crippen LogP contribution in [0.15, 0.2) is 30.3 Å². The van der Waals surface area contributed by atoms with Gasteiger partial charge in [0.15, 0.2) is 0 Å².